The fourth-order valence-electron chi connectivity index (χ4n) is 1.26. The minimum atomic E-state index is -1.33. The summed E-state index contributed by atoms with van der Waals surface area (Å²) < 4.78 is 49.6. The molecular formula is C10H10F3NO3. The molecule has 0 unspecified atom stereocenters. The third kappa shape index (κ3) is 2.27. The lowest BCUT2D eigenvalue weighted by Crippen LogP contribution is -2.12. The molecule has 1 aromatic rings. The topological polar surface area (TPSA) is 47.6 Å². The van der Waals surface area contributed by atoms with E-state index in [1.807, 2.05) is 5.32 Å². The van der Waals surface area contributed by atoms with Crippen molar-refractivity contribution < 1.29 is 27.4 Å². The van der Waals surface area contributed by atoms with Gasteiger partial charge in [-0.2, -0.15) is 4.39 Å². The zero-order valence-corrected chi connectivity index (χ0v) is 9.36. The van der Waals surface area contributed by atoms with Gasteiger partial charge in [0.05, 0.1) is 14.2 Å². The number of carbonyl (C=O) groups excluding carboxylic acids is 1. The molecule has 7 heteroatoms. The number of ether oxygens (including phenoxy) is 2. The van der Waals surface area contributed by atoms with Crippen LogP contribution in [0.25, 0.3) is 0 Å². The van der Waals surface area contributed by atoms with Crippen LogP contribution in [0.4, 0.5) is 18.9 Å². The number of methoxy groups -OCH3 is 2. The Labute approximate surface area is 95.3 Å². The summed E-state index contributed by atoms with van der Waals surface area (Å²) in [6.07, 6.45) is 0. The van der Waals surface area contributed by atoms with Gasteiger partial charge < -0.3 is 14.8 Å². The zero-order chi connectivity index (χ0) is 13.2. The molecular weight excluding hydrogens is 239 g/mol. The predicted molar refractivity (Wildman–Crippen MR) is 53.7 cm³/mol. The highest BCUT2D eigenvalue weighted by Crippen LogP contribution is 2.38. The van der Waals surface area contributed by atoms with E-state index < -0.39 is 40.5 Å². The van der Waals surface area contributed by atoms with Crippen LogP contribution in [0.2, 0.25) is 0 Å². The van der Waals surface area contributed by atoms with E-state index in [0.717, 1.165) is 21.1 Å². The van der Waals surface area contributed by atoms with Crippen LogP contribution in [-0.2, 0) is 4.79 Å². The number of halogens is 3. The largest absolute Gasteiger partial charge is 0.491 e. The lowest BCUT2D eigenvalue weighted by Gasteiger charge is -2.13. The number of carbonyl (C=O) groups is 1. The van der Waals surface area contributed by atoms with Crippen molar-refractivity contribution >= 4 is 11.6 Å². The second-order valence-corrected chi connectivity index (χ2v) is 3.06. The van der Waals surface area contributed by atoms with Crippen molar-refractivity contribution in [3.63, 3.8) is 0 Å². The molecule has 0 bridgehead atoms. The first-order valence-electron chi connectivity index (χ1n) is 4.50. The Morgan fingerprint density at radius 3 is 1.71 bits per heavy atom. The zero-order valence-electron chi connectivity index (χ0n) is 9.36. The second kappa shape index (κ2) is 4.94. The van der Waals surface area contributed by atoms with Crippen LogP contribution in [-0.4, -0.2) is 20.1 Å². The minimum absolute atomic E-state index is 0.710. The number of nitrogens with one attached hydrogen (secondary N) is 1. The Morgan fingerprint density at radius 1 is 1.00 bits per heavy atom. The molecule has 0 heterocycles. The maximum absolute atomic E-state index is 13.6. The van der Waals surface area contributed by atoms with Crippen LogP contribution in [0.15, 0.2) is 0 Å². The van der Waals surface area contributed by atoms with Crippen LogP contribution in [0, 0.1) is 17.5 Å². The molecule has 1 N–H and O–H groups in total. The molecule has 1 rings (SSSR count). The summed E-state index contributed by atoms with van der Waals surface area (Å²) in [5.41, 5.74) is -0.812. The smallest absolute Gasteiger partial charge is 0.221 e. The summed E-state index contributed by atoms with van der Waals surface area (Å²) in [4.78, 5) is 10.8. The van der Waals surface area contributed by atoms with E-state index in [9.17, 15) is 18.0 Å². The second-order valence-electron chi connectivity index (χ2n) is 3.06. The number of anilines is 1. The number of hydrogen-bond donors (Lipinski definition) is 1. The average molecular weight is 249 g/mol. The van der Waals surface area contributed by atoms with Gasteiger partial charge in [-0.3, -0.25) is 4.79 Å². The van der Waals surface area contributed by atoms with Gasteiger partial charge in [0.15, 0.2) is 23.1 Å². The molecule has 0 aliphatic rings. The summed E-state index contributed by atoms with van der Waals surface area (Å²) in [6, 6.07) is 0. The fourth-order valence-corrected chi connectivity index (χ4v) is 1.26. The van der Waals surface area contributed by atoms with Crippen molar-refractivity contribution in [1.29, 1.82) is 0 Å². The van der Waals surface area contributed by atoms with Crippen molar-refractivity contribution in [3.8, 4) is 11.5 Å². The van der Waals surface area contributed by atoms with E-state index in [-0.39, 0.29) is 0 Å². The highest BCUT2D eigenvalue weighted by atomic mass is 19.1. The Kier molecular flexibility index (Phi) is 3.82. The molecule has 17 heavy (non-hydrogen) atoms. The molecule has 0 aliphatic carbocycles. The van der Waals surface area contributed by atoms with Crippen molar-refractivity contribution in [2.75, 3.05) is 19.5 Å². The van der Waals surface area contributed by atoms with Crippen LogP contribution in [0.3, 0.4) is 0 Å². The van der Waals surface area contributed by atoms with E-state index in [1.54, 1.807) is 0 Å². The van der Waals surface area contributed by atoms with Gasteiger partial charge in [-0.05, 0) is 0 Å². The van der Waals surface area contributed by atoms with Crippen LogP contribution in [0.1, 0.15) is 6.92 Å². The third-order valence-electron chi connectivity index (χ3n) is 1.95. The Balaban J connectivity index is 3.53. The highest BCUT2D eigenvalue weighted by molar-refractivity contribution is 5.89. The standard InChI is InChI=1S/C10H10F3NO3/c1-4(15)14-8-5(11)9(16-2)7(13)10(17-3)6(8)12/h1-3H3,(H,14,15). The molecule has 0 aliphatic heterocycles. The molecule has 0 aromatic heterocycles. The Bertz CT molecular complexity index is 432. The van der Waals surface area contributed by atoms with E-state index in [4.69, 9.17) is 0 Å². The van der Waals surface area contributed by atoms with E-state index in [0.29, 0.717) is 0 Å². The first-order valence-corrected chi connectivity index (χ1v) is 4.50. The maximum Gasteiger partial charge on any atom is 0.221 e. The first-order chi connectivity index (χ1) is 7.93. The number of rotatable bonds is 3. The van der Waals surface area contributed by atoms with Crippen LogP contribution >= 0.6 is 0 Å². The van der Waals surface area contributed by atoms with E-state index in [2.05, 4.69) is 9.47 Å². The van der Waals surface area contributed by atoms with Gasteiger partial charge in [0.2, 0.25) is 11.7 Å². The molecule has 94 valence electrons. The normalized spacial score (nSPS) is 10.0. The molecule has 0 fully saturated rings. The Morgan fingerprint density at radius 2 is 1.41 bits per heavy atom. The summed E-state index contributed by atoms with van der Waals surface area (Å²) in [7, 11) is 2.02. The average Bonchev–Trinajstić information content (AvgIpc) is 2.25. The van der Waals surface area contributed by atoms with Gasteiger partial charge in [-0.1, -0.05) is 0 Å². The number of amides is 1. The molecule has 1 aromatic carbocycles. The minimum Gasteiger partial charge on any atom is -0.491 e. The van der Waals surface area contributed by atoms with Gasteiger partial charge in [0.25, 0.3) is 0 Å². The monoisotopic (exact) mass is 249 g/mol. The summed E-state index contributed by atoms with van der Waals surface area (Å²) >= 11 is 0. The molecule has 0 spiro atoms. The summed E-state index contributed by atoms with van der Waals surface area (Å²) in [5.74, 6) is -6.34. The maximum atomic E-state index is 13.6. The number of benzene rings is 1. The molecule has 4 nitrogen and oxygen atoms in total. The lowest BCUT2D eigenvalue weighted by atomic mass is 10.2. The molecule has 0 saturated heterocycles. The molecule has 1 amide bonds. The fraction of sp³-hybridized carbons (Fsp3) is 0.300. The summed E-state index contributed by atoms with van der Waals surface area (Å²) in [6.45, 7) is 1.06. The predicted octanol–water partition coefficient (Wildman–Crippen LogP) is 2.08. The van der Waals surface area contributed by atoms with Crippen molar-refractivity contribution in [1.82, 2.24) is 0 Å². The van der Waals surface area contributed by atoms with Crippen molar-refractivity contribution in [3.05, 3.63) is 17.5 Å². The Hall–Kier alpha value is -1.92. The highest BCUT2D eigenvalue weighted by Gasteiger charge is 2.27. The van der Waals surface area contributed by atoms with Crippen molar-refractivity contribution in [2.45, 2.75) is 6.92 Å². The van der Waals surface area contributed by atoms with Crippen molar-refractivity contribution in [2.24, 2.45) is 0 Å². The van der Waals surface area contributed by atoms with E-state index in [1.165, 1.54) is 0 Å². The first kappa shape index (κ1) is 13.1. The van der Waals surface area contributed by atoms with Gasteiger partial charge in [0.1, 0.15) is 5.69 Å². The van der Waals surface area contributed by atoms with Crippen LogP contribution in [0.5, 0.6) is 11.5 Å². The van der Waals surface area contributed by atoms with E-state index >= 15 is 0 Å². The molecule has 0 atom stereocenters. The van der Waals surface area contributed by atoms with Gasteiger partial charge in [-0.25, -0.2) is 8.78 Å². The van der Waals surface area contributed by atoms with Gasteiger partial charge >= 0.3 is 0 Å². The van der Waals surface area contributed by atoms with Gasteiger partial charge in [0, 0.05) is 6.92 Å². The van der Waals surface area contributed by atoms with Crippen LogP contribution < -0.4 is 14.8 Å². The lowest BCUT2D eigenvalue weighted by molar-refractivity contribution is -0.114. The molecule has 0 radical (unpaired) electrons. The third-order valence-corrected chi connectivity index (χ3v) is 1.95. The van der Waals surface area contributed by atoms with Gasteiger partial charge in [-0.15, -0.1) is 0 Å². The SMILES string of the molecule is COc1c(F)c(NC(C)=O)c(F)c(OC)c1F. The molecule has 0 saturated carbocycles. The quantitative estimate of drug-likeness (QED) is 0.892. The summed E-state index contributed by atoms with van der Waals surface area (Å²) in [5, 5.41) is 1.90. The number of hydrogen-bond acceptors (Lipinski definition) is 3.